The summed E-state index contributed by atoms with van der Waals surface area (Å²) in [6.07, 6.45) is 1.67. The molecule has 0 atom stereocenters. The number of hydrogen-bond acceptors (Lipinski definition) is 7. The fourth-order valence-corrected chi connectivity index (χ4v) is 4.55. The van der Waals surface area contributed by atoms with E-state index in [1.807, 2.05) is 19.1 Å². The van der Waals surface area contributed by atoms with Crippen LogP contribution in [0, 0.1) is 6.92 Å². The number of carbonyl (C=O) groups is 2. The van der Waals surface area contributed by atoms with Gasteiger partial charge in [-0.2, -0.15) is 0 Å². The SMILES string of the molecule is COc1ccc(C(=O)COc2cc(C)c3c(c2)O/C(=C\c2cc(Br)cc4c2OCOC4)C3=O)cc1. The van der Waals surface area contributed by atoms with Crippen LogP contribution in [0.2, 0.25) is 0 Å². The lowest BCUT2D eigenvalue weighted by Crippen LogP contribution is -2.12. The zero-order valence-electron chi connectivity index (χ0n) is 19.1. The van der Waals surface area contributed by atoms with Crippen LogP contribution >= 0.6 is 15.9 Å². The van der Waals surface area contributed by atoms with Gasteiger partial charge in [0.05, 0.1) is 19.3 Å². The van der Waals surface area contributed by atoms with Gasteiger partial charge in [0.1, 0.15) is 23.0 Å². The number of benzene rings is 3. The minimum Gasteiger partial charge on any atom is -0.497 e. The summed E-state index contributed by atoms with van der Waals surface area (Å²) in [6.45, 7) is 2.23. The van der Waals surface area contributed by atoms with Crippen LogP contribution in [-0.2, 0) is 11.3 Å². The van der Waals surface area contributed by atoms with Crippen molar-refractivity contribution in [2.75, 3.05) is 20.5 Å². The van der Waals surface area contributed by atoms with Crippen molar-refractivity contribution in [1.29, 1.82) is 0 Å². The molecular weight excluding hydrogens is 516 g/mol. The van der Waals surface area contributed by atoms with E-state index in [4.69, 9.17) is 23.7 Å². The largest absolute Gasteiger partial charge is 0.497 e. The van der Waals surface area contributed by atoms with Crippen molar-refractivity contribution in [3.05, 3.63) is 86.6 Å². The number of halogens is 1. The van der Waals surface area contributed by atoms with Gasteiger partial charge in [-0.25, -0.2) is 0 Å². The fraction of sp³-hybridized carbons (Fsp3) is 0.185. The van der Waals surface area contributed by atoms with Gasteiger partial charge < -0.3 is 23.7 Å². The van der Waals surface area contributed by atoms with Gasteiger partial charge in [-0.15, -0.1) is 0 Å². The molecule has 8 heteroatoms. The number of rotatable bonds is 6. The van der Waals surface area contributed by atoms with Crippen LogP contribution in [0.1, 0.15) is 37.4 Å². The van der Waals surface area contributed by atoms with Crippen LogP contribution in [0.15, 0.2) is 58.8 Å². The van der Waals surface area contributed by atoms with Crippen LogP contribution in [0.5, 0.6) is 23.0 Å². The van der Waals surface area contributed by atoms with Gasteiger partial charge in [-0.05, 0) is 61.0 Å². The lowest BCUT2D eigenvalue weighted by molar-refractivity contribution is -0.0165. The summed E-state index contributed by atoms with van der Waals surface area (Å²) < 4.78 is 28.6. The van der Waals surface area contributed by atoms with E-state index in [1.54, 1.807) is 49.6 Å². The summed E-state index contributed by atoms with van der Waals surface area (Å²) in [7, 11) is 1.57. The molecule has 0 amide bonds. The van der Waals surface area contributed by atoms with Crippen LogP contribution in [0.4, 0.5) is 0 Å². The van der Waals surface area contributed by atoms with E-state index in [9.17, 15) is 9.59 Å². The molecule has 0 bridgehead atoms. The van der Waals surface area contributed by atoms with E-state index in [0.29, 0.717) is 51.9 Å². The normalized spacial score (nSPS) is 15.2. The first-order valence-corrected chi connectivity index (χ1v) is 11.6. The average molecular weight is 537 g/mol. The lowest BCUT2D eigenvalue weighted by Gasteiger charge is -2.20. The first-order chi connectivity index (χ1) is 16.9. The number of hydrogen-bond donors (Lipinski definition) is 0. The maximum absolute atomic E-state index is 13.1. The highest BCUT2D eigenvalue weighted by atomic mass is 79.9. The molecule has 178 valence electrons. The molecule has 0 aliphatic carbocycles. The fourth-order valence-electron chi connectivity index (χ4n) is 4.03. The summed E-state index contributed by atoms with van der Waals surface area (Å²) in [4.78, 5) is 25.6. The Balaban J connectivity index is 1.36. The van der Waals surface area contributed by atoms with E-state index in [0.717, 1.165) is 10.0 Å². The summed E-state index contributed by atoms with van der Waals surface area (Å²) in [5.41, 5.74) is 3.29. The van der Waals surface area contributed by atoms with Crippen LogP contribution in [-0.4, -0.2) is 32.1 Å². The zero-order chi connectivity index (χ0) is 24.5. The van der Waals surface area contributed by atoms with E-state index < -0.39 is 0 Å². The summed E-state index contributed by atoms with van der Waals surface area (Å²) >= 11 is 3.49. The molecule has 0 fully saturated rings. The van der Waals surface area contributed by atoms with E-state index in [1.165, 1.54) is 0 Å². The second-order valence-electron chi connectivity index (χ2n) is 8.09. The van der Waals surface area contributed by atoms with Crippen molar-refractivity contribution >= 4 is 33.6 Å². The highest BCUT2D eigenvalue weighted by molar-refractivity contribution is 9.10. The molecule has 0 aromatic heterocycles. The molecule has 35 heavy (non-hydrogen) atoms. The van der Waals surface area contributed by atoms with Crippen molar-refractivity contribution in [2.45, 2.75) is 13.5 Å². The number of fused-ring (bicyclic) bond motifs is 2. The summed E-state index contributed by atoms with van der Waals surface area (Å²) in [5.74, 6) is 1.96. The van der Waals surface area contributed by atoms with Crippen LogP contribution in [0.25, 0.3) is 6.08 Å². The van der Waals surface area contributed by atoms with Crippen molar-refractivity contribution in [3.63, 3.8) is 0 Å². The quantitative estimate of drug-likeness (QED) is 0.303. The topological polar surface area (TPSA) is 80.3 Å². The van der Waals surface area contributed by atoms with E-state index in [2.05, 4.69) is 15.9 Å². The van der Waals surface area contributed by atoms with Crippen molar-refractivity contribution in [1.82, 2.24) is 0 Å². The third-order valence-electron chi connectivity index (χ3n) is 5.72. The second-order valence-corrected chi connectivity index (χ2v) is 9.00. The molecule has 0 N–H and O–H groups in total. The predicted molar refractivity (Wildman–Crippen MR) is 131 cm³/mol. The van der Waals surface area contributed by atoms with E-state index in [-0.39, 0.29) is 30.7 Å². The Morgan fingerprint density at radius 2 is 1.91 bits per heavy atom. The van der Waals surface area contributed by atoms with Gasteiger partial charge >= 0.3 is 0 Å². The Kier molecular flexibility index (Phi) is 6.32. The molecule has 7 nitrogen and oxygen atoms in total. The van der Waals surface area contributed by atoms with Crippen LogP contribution in [0.3, 0.4) is 0 Å². The van der Waals surface area contributed by atoms with Gasteiger partial charge in [0.15, 0.2) is 24.9 Å². The maximum atomic E-state index is 13.1. The zero-order valence-corrected chi connectivity index (χ0v) is 20.6. The minimum absolute atomic E-state index is 0.148. The Labute approximate surface area is 210 Å². The van der Waals surface area contributed by atoms with Gasteiger partial charge in [-0.3, -0.25) is 9.59 Å². The monoisotopic (exact) mass is 536 g/mol. The minimum atomic E-state index is -0.223. The van der Waals surface area contributed by atoms with Gasteiger partial charge in [-0.1, -0.05) is 15.9 Å². The number of Topliss-reactive ketones (excluding diaryl/α,β-unsaturated/α-hetero) is 2. The first kappa shape index (κ1) is 23.1. The molecule has 2 heterocycles. The Hall–Kier alpha value is -3.62. The molecule has 3 aromatic rings. The average Bonchev–Trinajstić information content (AvgIpc) is 3.17. The molecule has 0 radical (unpaired) electrons. The number of carbonyl (C=O) groups excluding carboxylic acids is 2. The highest BCUT2D eigenvalue weighted by Gasteiger charge is 2.31. The van der Waals surface area contributed by atoms with Crippen molar-refractivity contribution in [2.24, 2.45) is 0 Å². The number of ether oxygens (including phenoxy) is 5. The Morgan fingerprint density at radius 3 is 2.69 bits per heavy atom. The Morgan fingerprint density at radius 1 is 1.11 bits per heavy atom. The van der Waals surface area contributed by atoms with Crippen molar-refractivity contribution in [3.8, 4) is 23.0 Å². The Bertz CT molecular complexity index is 1360. The molecule has 5 rings (SSSR count). The van der Waals surface area contributed by atoms with Gasteiger partial charge in [0.25, 0.3) is 0 Å². The van der Waals surface area contributed by atoms with Crippen molar-refractivity contribution < 1.29 is 33.3 Å². The molecule has 0 saturated heterocycles. The number of aryl methyl sites for hydroxylation is 1. The smallest absolute Gasteiger partial charge is 0.232 e. The highest BCUT2D eigenvalue weighted by Crippen LogP contribution is 2.39. The second kappa shape index (κ2) is 9.56. The first-order valence-electron chi connectivity index (χ1n) is 10.8. The number of allylic oxidation sites excluding steroid dienone is 1. The molecule has 2 aliphatic heterocycles. The molecule has 3 aromatic carbocycles. The number of ketones is 2. The lowest BCUT2D eigenvalue weighted by atomic mass is 10.0. The molecule has 2 aliphatic rings. The molecular formula is C27H21BrO7. The molecule has 0 saturated carbocycles. The standard InChI is InChI=1S/C27H21BrO7/c1-15-7-21(33-13-22(29)16-3-5-20(31-2)6-4-16)11-23-25(15)26(30)24(35-23)10-17-8-19(28)9-18-12-32-14-34-27(17)18/h3-11H,12-14H2,1-2H3/b24-10-. The van der Waals surface area contributed by atoms with Crippen LogP contribution < -0.4 is 18.9 Å². The van der Waals surface area contributed by atoms with Gasteiger partial charge in [0.2, 0.25) is 5.78 Å². The summed E-state index contributed by atoms with van der Waals surface area (Å²) in [6, 6.07) is 14.0. The third kappa shape index (κ3) is 4.67. The van der Waals surface area contributed by atoms with Gasteiger partial charge in [0, 0.05) is 27.2 Å². The molecule has 0 spiro atoms. The maximum Gasteiger partial charge on any atom is 0.232 e. The van der Waals surface area contributed by atoms with E-state index >= 15 is 0 Å². The third-order valence-corrected chi connectivity index (χ3v) is 6.17. The summed E-state index contributed by atoms with van der Waals surface area (Å²) in [5, 5.41) is 0. The molecule has 0 unspecified atom stereocenters. The number of methoxy groups -OCH3 is 1. The predicted octanol–water partition coefficient (Wildman–Crippen LogP) is 5.51.